The lowest BCUT2D eigenvalue weighted by molar-refractivity contribution is 1.17. The van der Waals surface area contributed by atoms with Crippen LogP contribution in [0.3, 0.4) is 0 Å². The van der Waals surface area contributed by atoms with E-state index >= 15 is 0 Å². The molecule has 0 aliphatic heterocycles. The van der Waals surface area contributed by atoms with E-state index in [0.717, 1.165) is 44.6 Å². The van der Waals surface area contributed by atoms with Gasteiger partial charge in [-0.25, -0.2) is 9.97 Å². The van der Waals surface area contributed by atoms with Crippen molar-refractivity contribution in [2.45, 2.75) is 0 Å². The summed E-state index contributed by atoms with van der Waals surface area (Å²) in [5.74, 6) is 0.714. The molecule has 13 rings (SSSR count). The molecule has 4 heteroatoms. The smallest absolute Gasteiger partial charge is 0.160 e. The van der Waals surface area contributed by atoms with Crippen molar-refractivity contribution in [1.82, 2.24) is 19.1 Å². The van der Waals surface area contributed by atoms with E-state index in [2.05, 4.69) is 234 Å². The van der Waals surface area contributed by atoms with Gasteiger partial charge in [0.15, 0.2) is 5.82 Å². The third-order valence-corrected chi connectivity index (χ3v) is 13.1. The van der Waals surface area contributed by atoms with Gasteiger partial charge in [0.05, 0.1) is 33.3 Å². The Morgan fingerprint density at radius 2 is 0.636 bits per heavy atom. The second-order valence-electron chi connectivity index (χ2n) is 17.0. The van der Waals surface area contributed by atoms with E-state index in [9.17, 15) is 0 Å². The normalized spacial score (nSPS) is 11.6. The van der Waals surface area contributed by atoms with Crippen LogP contribution in [0.5, 0.6) is 0 Å². The SMILES string of the molecule is c1ccc(-c2ccc3c(c2)c2cc(-c4ccc(-c5ccc6c(c5)c5ccccc5n6-c5ccc(-c6nc(-c7ccccc7)c7ccccc7n6)cc5)cc4)ccc2n3-c2ccccc2)cc1. The Labute approximate surface area is 382 Å². The minimum Gasteiger partial charge on any atom is -0.309 e. The highest BCUT2D eigenvalue weighted by Crippen LogP contribution is 2.39. The van der Waals surface area contributed by atoms with Crippen molar-refractivity contribution in [3.63, 3.8) is 0 Å². The van der Waals surface area contributed by atoms with E-state index in [0.29, 0.717) is 5.82 Å². The van der Waals surface area contributed by atoms with Crippen LogP contribution in [0.25, 0.3) is 122 Å². The predicted octanol–water partition coefficient (Wildman–Crippen LogP) is 16.2. The van der Waals surface area contributed by atoms with E-state index in [4.69, 9.17) is 9.97 Å². The van der Waals surface area contributed by atoms with Crippen molar-refractivity contribution in [2.75, 3.05) is 0 Å². The first-order chi connectivity index (χ1) is 32.7. The zero-order valence-corrected chi connectivity index (χ0v) is 35.9. The molecular formula is C62H40N4. The summed E-state index contributed by atoms with van der Waals surface area (Å²) in [4.78, 5) is 10.1. The van der Waals surface area contributed by atoms with Crippen LogP contribution >= 0.6 is 0 Å². The number of aromatic nitrogens is 4. The maximum atomic E-state index is 5.12. The number of hydrogen-bond acceptors (Lipinski definition) is 2. The fraction of sp³-hybridized carbons (Fsp3) is 0. The fourth-order valence-corrected chi connectivity index (χ4v) is 9.94. The van der Waals surface area contributed by atoms with Gasteiger partial charge in [-0.3, -0.25) is 0 Å². The third-order valence-electron chi connectivity index (χ3n) is 13.1. The number of para-hydroxylation sites is 3. The molecule has 0 bridgehead atoms. The van der Waals surface area contributed by atoms with Gasteiger partial charge < -0.3 is 9.13 Å². The van der Waals surface area contributed by atoms with Gasteiger partial charge in [0, 0.05) is 49.4 Å². The summed E-state index contributed by atoms with van der Waals surface area (Å²) in [7, 11) is 0. The first-order valence-corrected chi connectivity index (χ1v) is 22.5. The van der Waals surface area contributed by atoms with Gasteiger partial charge in [0.2, 0.25) is 0 Å². The Morgan fingerprint density at radius 1 is 0.242 bits per heavy atom. The largest absolute Gasteiger partial charge is 0.309 e. The van der Waals surface area contributed by atoms with Gasteiger partial charge in [0.25, 0.3) is 0 Å². The molecule has 0 radical (unpaired) electrons. The molecule has 66 heavy (non-hydrogen) atoms. The number of rotatable bonds is 7. The fourth-order valence-electron chi connectivity index (χ4n) is 9.94. The Hall–Kier alpha value is -8.86. The molecule has 308 valence electrons. The minimum atomic E-state index is 0.714. The number of fused-ring (bicyclic) bond motifs is 7. The van der Waals surface area contributed by atoms with Crippen LogP contribution in [0.1, 0.15) is 0 Å². The van der Waals surface area contributed by atoms with Gasteiger partial charge in [-0.15, -0.1) is 0 Å². The van der Waals surface area contributed by atoms with E-state index < -0.39 is 0 Å². The van der Waals surface area contributed by atoms with Gasteiger partial charge >= 0.3 is 0 Å². The Kier molecular flexibility index (Phi) is 8.81. The lowest BCUT2D eigenvalue weighted by Gasteiger charge is -2.11. The summed E-state index contributed by atoms with van der Waals surface area (Å²) >= 11 is 0. The molecular weight excluding hydrogens is 801 g/mol. The highest BCUT2D eigenvalue weighted by molar-refractivity contribution is 6.12. The van der Waals surface area contributed by atoms with Crippen LogP contribution in [0.15, 0.2) is 243 Å². The summed E-state index contributed by atoms with van der Waals surface area (Å²) in [6.45, 7) is 0. The molecule has 3 aromatic heterocycles. The van der Waals surface area contributed by atoms with Gasteiger partial charge in [-0.05, 0) is 118 Å². The zero-order valence-electron chi connectivity index (χ0n) is 35.9. The predicted molar refractivity (Wildman–Crippen MR) is 275 cm³/mol. The molecule has 0 aliphatic rings. The van der Waals surface area contributed by atoms with Gasteiger partial charge in [-0.2, -0.15) is 0 Å². The first-order valence-electron chi connectivity index (χ1n) is 22.5. The van der Waals surface area contributed by atoms with Crippen molar-refractivity contribution in [1.29, 1.82) is 0 Å². The number of benzene rings is 10. The molecule has 10 aromatic carbocycles. The molecule has 0 atom stereocenters. The van der Waals surface area contributed by atoms with Crippen LogP contribution in [0.2, 0.25) is 0 Å². The summed E-state index contributed by atoms with van der Waals surface area (Å²) in [5, 5.41) is 5.97. The molecule has 0 amide bonds. The standard InChI is InChI=1S/C62H40N4/c1-4-14-41(15-5-1)46-30-36-59-54(39-46)55-40-48(32-37-60(55)65(59)49-18-8-3-9-19-49)43-26-24-42(25-27-43)47-31-35-58-53(38-47)51-20-11-13-23-57(51)66(58)50-33-28-45(29-34-50)62-63-56-22-12-10-21-52(56)61(64-62)44-16-6-2-7-17-44/h1-40H. The first kappa shape index (κ1) is 37.7. The molecule has 0 unspecified atom stereocenters. The lowest BCUT2D eigenvalue weighted by Crippen LogP contribution is -1.97. The van der Waals surface area contributed by atoms with Crippen molar-refractivity contribution in [2.24, 2.45) is 0 Å². The van der Waals surface area contributed by atoms with Crippen molar-refractivity contribution >= 4 is 54.5 Å². The molecule has 4 nitrogen and oxygen atoms in total. The second kappa shape index (κ2) is 15.4. The van der Waals surface area contributed by atoms with E-state index in [1.54, 1.807) is 0 Å². The third kappa shape index (κ3) is 6.30. The average molecular weight is 841 g/mol. The van der Waals surface area contributed by atoms with E-state index in [1.807, 2.05) is 18.2 Å². The summed E-state index contributed by atoms with van der Waals surface area (Å²) in [6, 6.07) is 87.0. The van der Waals surface area contributed by atoms with Gasteiger partial charge in [-0.1, -0.05) is 158 Å². The van der Waals surface area contributed by atoms with E-state index in [-0.39, 0.29) is 0 Å². The highest BCUT2D eigenvalue weighted by atomic mass is 15.0. The highest BCUT2D eigenvalue weighted by Gasteiger charge is 2.17. The average Bonchev–Trinajstić information content (AvgIpc) is 3.91. The topological polar surface area (TPSA) is 35.6 Å². The molecule has 0 fully saturated rings. The Bertz CT molecular complexity index is 3940. The summed E-state index contributed by atoms with van der Waals surface area (Å²) in [6.07, 6.45) is 0. The lowest BCUT2D eigenvalue weighted by atomic mass is 9.97. The monoisotopic (exact) mass is 840 g/mol. The van der Waals surface area contributed by atoms with Gasteiger partial charge in [0.1, 0.15) is 0 Å². The minimum absolute atomic E-state index is 0.714. The van der Waals surface area contributed by atoms with Crippen molar-refractivity contribution < 1.29 is 0 Å². The summed E-state index contributed by atoms with van der Waals surface area (Å²) in [5.41, 5.74) is 18.1. The van der Waals surface area contributed by atoms with Crippen LogP contribution in [-0.2, 0) is 0 Å². The summed E-state index contributed by atoms with van der Waals surface area (Å²) < 4.78 is 4.75. The van der Waals surface area contributed by atoms with Crippen LogP contribution in [0, 0.1) is 0 Å². The molecule has 0 aliphatic carbocycles. The van der Waals surface area contributed by atoms with Crippen LogP contribution in [-0.4, -0.2) is 19.1 Å². The second-order valence-corrected chi connectivity index (χ2v) is 17.0. The van der Waals surface area contributed by atoms with Crippen molar-refractivity contribution in [3.8, 4) is 67.4 Å². The maximum Gasteiger partial charge on any atom is 0.160 e. The maximum absolute atomic E-state index is 5.12. The van der Waals surface area contributed by atoms with Crippen molar-refractivity contribution in [3.05, 3.63) is 243 Å². The molecule has 0 saturated heterocycles. The Morgan fingerprint density at radius 3 is 1.21 bits per heavy atom. The zero-order chi connectivity index (χ0) is 43.6. The van der Waals surface area contributed by atoms with Crippen LogP contribution in [0.4, 0.5) is 0 Å². The number of nitrogens with zero attached hydrogens (tertiary/aromatic N) is 4. The van der Waals surface area contributed by atoms with E-state index in [1.165, 1.54) is 71.5 Å². The molecule has 0 spiro atoms. The molecule has 0 saturated carbocycles. The molecule has 3 heterocycles. The Balaban J connectivity index is 0.850. The van der Waals surface area contributed by atoms with Crippen LogP contribution < -0.4 is 0 Å². The molecule has 13 aromatic rings. The number of hydrogen-bond donors (Lipinski definition) is 0. The quantitative estimate of drug-likeness (QED) is 0.160. The molecule has 0 N–H and O–H groups in total.